The minimum atomic E-state index is -0.181. The highest BCUT2D eigenvalue weighted by Crippen LogP contribution is 2.06. The monoisotopic (exact) mass is 187 g/mol. The van der Waals surface area contributed by atoms with Gasteiger partial charge in [-0.25, -0.2) is 0 Å². The van der Waals surface area contributed by atoms with Gasteiger partial charge in [0.15, 0.2) is 0 Å². The van der Waals surface area contributed by atoms with E-state index in [0.717, 1.165) is 39.1 Å². The summed E-state index contributed by atoms with van der Waals surface area (Å²) in [6, 6.07) is 0. The van der Waals surface area contributed by atoms with Crippen LogP contribution in [0.5, 0.6) is 0 Å². The molecule has 1 aliphatic heterocycles. The molecule has 0 aliphatic carbocycles. The lowest BCUT2D eigenvalue weighted by Gasteiger charge is -2.22. The Balaban J connectivity index is 2.22. The van der Waals surface area contributed by atoms with Gasteiger partial charge in [-0.15, -0.1) is 0 Å². The van der Waals surface area contributed by atoms with Gasteiger partial charge in [-0.3, -0.25) is 0 Å². The molecule has 2 atom stereocenters. The molecule has 0 saturated carbocycles. The second-order valence-corrected chi connectivity index (χ2v) is 3.97. The van der Waals surface area contributed by atoms with Gasteiger partial charge in [-0.2, -0.15) is 0 Å². The van der Waals surface area contributed by atoms with Gasteiger partial charge in [-0.05, 0) is 26.7 Å². The number of aliphatic hydroxyl groups excluding tert-OH is 1. The van der Waals surface area contributed by atoms with Crippen molar-refractivity contribution in [2.45, 2.75) is 38.9 Å². The maximum absolute atomic E-state index is 9.16. The Morgan fingerprint density at radius 2 is 2.38 bits per heavy atom. The smallest absolute Gasteiger partial charge is 0.0673 e. The van der Waals surface area contributed by atoms with Crippen LogP contribution in [0.2, 0.25) is 0 Å². The Bertz CT molecular complexity index is 139. The van der Waals surface area contributed by atoms with Crippen molar-refractivity contribution in [3.8, 4) is 0 Å². The summed E-state index contributed by atoms with van der Waals surface area (Å²) in [5.74, 6) is 0. The van der Waals surface area contributed by atoms with Crippen molar-refractivity contribution in [3.63, 3.8) is 0 Å². The van der Waals surface area contributed by atoms with Crippen molar-refractivity contribution in [2.75, 3.05) is 26.2 Å². The first-order chi connectivity index (χ1) is 6.18. The molecule has 78 valence electrons. The van der Waals surface area contributed by atoms with E-state index >= 15 is 0 Å². The molecule has 0 aromatic carbocycles. The van der Waals surface area contributed by atoms with Crippen LogP contribution in [0, 0.1) is 0 Å². The van der Waals surface area contributed by atoms with Gasteiger partial charge in [0.05, 0.1) is 12.2 Å². The van der Waals surface area contributed by atoms with Crippen LogP contribution >= 0.6 is 0 Å². The van der Waals surface area contributed by atoms with Crippen molar-refractivity contribution < 1.29 is 9.84 Å². The fourth-order valence-electron chi connectivity index (χ4n) is 1.65. The van der Waals surface area contributed by atoms with Gasteiger partial charge in [0, 0.05) is 26.2 Å². The Morgan fingerprint density at radius 3 is 3.08 bits per heavy atom. The molecule has 0 aromatic rings. The normalized spacial score (nSPS) is 28.4. The van der Waals surface area contributed by atoms with Gasteiger partial charge in [0.25, 0.3) is 0 Å². The molecule has 0 radical (unpaired) electrons. The quantitative estimate of drug-likeness (QED) is 0.711. The fourth-order valence-corrected chi connectivity index (χ4v) is 1.65. The first kappa shape index (κ1) is 11.0. The van der Waals surface area contributed by atoms with E-state index in [1.165, 1.54) is 0 Å². The second kappa shape index (κ2) is 5.58. The van der Waals surface area contributed by atoms with E-state index < -0.39 is 0 Å². The molecule has 1 aliphatic rings. The highest BCUT2D eigenvalue weighted by molar-refractivity contribution is 4.67. The van der Waals surface area contributed by atoms with E-state index in [-0.39, 0.29) is 6.10 Å². The van der Waals surface area contributed by atoms with Crippen LogP contribution in [0.3, 0.4) is 0 Å². The number of rotatable bonds is 3. The van der Waals surface area contributed by atoms with Gasteiger partial charge < -0.3 is 14.7 Å². The molecule has 3 nitrogen and oxygen atoms in total. The topological polar surface area (TPSA) is 32.7 Å². The third kappa shape index (κ3) is 4.60. The molecule has 0 amide bonds. The van der Waals surface area contributed by atoms with Crippen molar-refractivity contribution in [1.29, 1.82) is 0 Å². The number of hydrogen-bond donors (Lipinski definition) is 1. The Labute approximate surface area is 80.7 Å². The van der Waals surface area contributed by atoms with E-state index in [1.807, 2.05) is 6.92 Å². The zero-order valence-corrected chi connectivity index (χ0v) is 8.70. The van der Waals surface area contributed by atoms with Gasteiger partial charge in [0.1, 0.15) is 0 Å². The molecule has 2 unspecified atom stereocenters. The number of aliphatic hydroxyl groups is 1. The van der Waals surface area contributed by atoms with Crippen LogP contribution in [0.25, 0.3) is 0 Å². The van der Waals surface area contributed by atoms with Gasteiger partial charge in [-0.1, -0.05) is 0 Å². The Hall–Kier alpha value is -0.120. The number of hydrogen-bond acceptors (Lipinski definition) is 3. The zero-order chi connectivity index (χ0) is 9.68. The van der Waals surface area contributed by atoms with E-state index in [4.69, 9.17) is 9.84 Å². The average molecular weight is 187 g/mol. The van der Waals surface area contributed by atoms with E-state index in [1.54, 1.807) is 0 Å². The molecule has 1 N–H and O–H groups in total. The highest BCUT2D eigenvalue weighted by Gasteiger charge is 2.14. The van der Waals surface area contributed by atoms with Crippen molar-refractivity contribution in [2.24, 2.45) is 0 Å². The molecular weight excluding hydrogens is 166 g/mol. The summed E-state index contributed by atoms with van der Waals surface area (Å²) < 4.78 is 5.54. The predicted molar refractivity (Wildman–Crippen MR) is 52.8 cm³/mol. The van der Waals surface area contributed by atoms with E-state index in [2.05, 4.69) is 11.8 Å². The minimum absolute atomic E-state index is 0.181. The maximum Gasteiger partial charge on any atom is 0.0673 e. The molecular formula is C10H21NO2. The number of nitrogens with zero attached hydrogens (tertiary/aromatic N) is 1. The van der Waals surface area contributed by atoms with Crippen molar-refractivity contribution in [1.82, 2.24) is 4.90 Å². The summed E-state index contributed by atoms with van der Waals surface area (Å²) in [4.78, 5) is 2.38. The summed E-state index contributed by atoms with van der Waals surface area (Å²) in [6.07, 6.45) is 2.15. The lowest BCUT2D eigenvalue weighted by atomic mass is 10.2. The van der Waals surface area contributed by atoms with E-state index in [0.29, 0.717) is 6.10 Å². The molecule has 1 heterocycles. The summed E-state index contributed by atoms with van der Waals surface area (Å²) in [5.41, 5.74) is 0. The SMILES string of the molecule is CC(O)CCN1CCCOC(C)C1. The third-order valence-electron chi connectivity index (χ3n) is 2.40. The van der Waals surface area contributed by atoms with Crippen molar-refractivity contribution in [3.05, 3.63) is 0 Å². The van der Waals surface area contributed by atoms with E-state index in [9.17, 15) is 0 Å². The summed E-state index contributed by atoms with van der Waals surface area (Å²) in [7, 11) is 0. The zero-order valence-electron chi connectivity index (χ0n) is 8.70. The molecule has 1 saturated heterocycles. The molecule has 1 rings (SSSR count). The van der Waals surface area contributed by atoms with Crippen LogP contribution in [0.15, 0.2) is 0 Å². The first-order valence-corrected chi connectivity index (χ1v) is 5.20. The predicted octanol–water partition coefficient (Wildman–Crippen LogP) is 0.868. The molecule has 1 fully saturated rings. The van der Waals surface area contributed by atoms with Crippen molar-refractivity contribution >= 4 is 0 Å². The lowest BCUT2D eigenvalue weighted by Crippen LogP contribution is -2.32. The highest BCUT2D eigenvalue weighted by atomic mass is 16.5. The summed E-state index contributed by atoms with van der Waals surface area (Å²) in [6.45, 7) is 7.94. The molecule has 0 bridgehead atoms. The minimum Gasteiger partial charge on any atom is -0.393 e. The third-order valence-corrected chi connectivity index (χ3v) is 2.40. The molecule has 13 heavy (non-hydrogen) atoms. The fraction of sp³-hybridized carbons (Fsp3) is 1.00. The molecule has 0 aromatic heterocycles. The standard InChI is InChI=1S/C10H21NO2/c1-9(12)4-6-11-5-3-7-13-10(2)8-11/h9-10,12H,3-8H2,1-2H3. The van der Waals surface area contributed by atoms with Crippen LogP contribution in [-0.4, -0.2) is 48.5 Å². The summed E-state index contributed by atoms with van der Waals surface area (Å²) in [5, 5.41) is 9.16. The largest absolute Gasteiger partial charge is 0.393 e. The van der Waals surface area contributed by atoms with Crippen LogP contribution in [0.1, 0.15) is 26.7 Å². The summed E-state index contributed by atoms with van der Waals surface area (Å²) >= 11 is 0. The van der Waals surface area contributed by atoms with Crippen LogP contribution in [-0.2, 0) is 4.74 Å². The van der Waals surface area contributed by atoms with Crippen LogP contribution < -0.4 is 0 Å². The van der Waals surface area contributed by atoms with Gasteiger partial charge in [0.2, 0.25) is 0 Å². The Morgan fingerprint density at radius 1 is 1.62 bits per heavy atom. The van der Waals surface area contributed by atoms with Crippen LogP contribution in [0.4, 0.5) is 0 Å². The first-order valence-electron chi connectivity index (χ1n) is 5.20. The second-order valence-electron chi connectivity index (χ2n) is 3.97. The lowest BCUT2D eigenvalue weighted by molar-refractivity contribution is 0.0651. The number of ether oxygens (including phenoxy) is 1. The molecule has 0 spiro atoms. The van der Waals surface area contributed by atoms with Gasteiger partial charge >= 0.3 is 0 Å². The Kier molecular flexibility index (Phi) is 4.70. The average Bonchev–Trinajstić information content (AvgIpc) is 2.26. The molecule has 3 heteroatoms. The maximum atomic E-state index is 9.16.